The lowest BCUT2D eigenvalue weighted by atomic mass is 10.2. The first-order valence-electron chi connectivity index (χ1n) is 5.86. The van der Waals surface area contributed by atoms with Gasteiger partial charge in [0.1, 0.15) is 12.1 Å². The Balaban J connectivity index is 2.09. The number of anilines is 3. The summed E-state index contributed by atoms with van der Waals surface area (Å²) < 4.78 is 0.795. The number of nitrogens with zero attached hydrogens (tertiary/aromatic N) is 2. The third-order valence-electron chi connectivity index (χ3n) is 2.87. The molecule has 6 heteroatoms. The number of hydrogen-bond acceptors (Lipinski definition) is 4. The van der Waals surface area contributed by atoms with Crippen LogP contribution < -0.4 is 11.1 Å². The van der Waals surface area contributed by atoms with Gasteiger partial charge in [-0.1, -0.05) is 17.7 Å². The molecule has 0 radical (unpaired) electrons. The van der Waals surface area contributed by atoms with E-state index in [1.807, 2.05) is 36.4 Å². The molecule has 0 saturated heterocycles. The van der Waals surface area contributed by atoms with E-state index in [2.05, 4.69) is 31.2 Å². The summed E-state index contributed by atoms with van der Waals surface area (Å²) in [6.45, 7) is 0. The Hall–Kier alpha value is -1.85. The van der Waals surface area contributed by atoms with E-state index in [0.717, 1.165) is 21.1 Å². The minimum atomic E-state index is 0.637. The second kappa shape index (κ2) is 5.26. The van der Waals surface area contributed by atoms with Crippen LogP contribution in [0, 0.1) is 0 Å². The zero-order valence-corrected chi connectivity index (χ0v) is 12.6. The zero-order chi connectivity index (χ0) is 14.1. The average Bonchev–Trinajstić information content (AvgIpc) is 2.44. The highest BCUT2D eigenvalue weighted by molar-refractivity contribution is 9.10. The van der Waals surface area contributed by atoms with E-state index in [4.69, 9.17) is 17.3 Å². The summed E-state index contributed by atoms with van der Waals surface area (Å²) in [7, 11) is 0. The first-order valence-corrected chi connectivity index (χ1v) is 7.03. The minimum Gasteiger partial charge on any atom is -0.399 e. The first-order chi connectivity index (χ1) is 9.65. The molecule has 0 aliphatic carbocycles. The van der Waals surface area contributed by atoms with Crippen molar-refractivity contribution in [2.24, 2.45) is 0 Å². The molecule has 4 nitrogen and oxygen atoms in total. The summed E-state index contributed by atoms with van der Waals surface area (Å²) in [5.41, 5.74) is 8.07. The average molecular weight is 350 g/mol. The topological polar surface area (TPSA) is 63.8 Å². The van der Waals surface area contributed by atoms with Gasteiger partial charge in [-0.2, -0.15) is 0 Å². The number of fused-ring (bicyclic) bond motifs is 1. The Morgan fingerprint density at radius 1 is 1.15 bits per heavy atom. The molecule has 1 heterocycles. The Bertz CT molecular complexity index is 791. The van der Waals surface area contributed by atoms with Crippen LogP contribution in [0.4, 0.5) is 17.2 Å². The fraction of sp³-hybridized carbons (Fsp3) is 0. The van der Waals surface area contributed by atoms with Crippen molar-refractivity contribution in [2.45, 2.75) is 0 Å². The van der Waals surface area contributed by atoms with Gasteiger partial charge in [0.25, 0.3) is 0 Å². The number of nitrogen functional groups attached to an aromatic ring is 1. The number of rotatable bonds is 2. The number of benzene rings is 2. The number of aromatic nitrogens is 2. The van der Waals surface area contributed by atoms with Gasteiger partial charge in [0, 0.05) is 11.1 Å². The predicted octanol–water partition coefficient (Wildman–Crippen LogP) is 4.37. The maximum Gasteiger partial charge on any atom is 0.141 e. The van der Waals surface area contributed by atoms with Gasteiger partial charge in [0.2, 0.25) is 0 Å². The molecule has 100 valence electrons. The quantitative estimate of drug-likeness (QED) is 0.674. The van der Waals surface area contributed by atoms with Gasteiger partial charge in [0.05, 0.1) is 20.7 Å². The van der Waals surface area contributed by atoms with E-state index < -0.39 is 0 Å². The Labute approximate surface area is 129 Å². The molecule has 1 aromatic heterocycles. The van der Waals surface area contributed by atoms with Gasteiger partial charge < -0.3 is 11.1 Å². The molecule has 0 saturated carbocycles. The standard InChI is InChI=1S/C14H10BrClN4/c15-13-10(16)2-1-3-11(13)20-14-9-5-4-8(17)6-12(9)18-7-19-14/h1-7H,17H2,(H,18,19,20). The fourth-order valence-corrected chi connectivity index (χ4v) is 2.44. The van der Waals surface area contributed by atoms with Crippen LogP contribution >= 0.6 is 27.5 Å². The third-order valence-corrected chi connectivity index (χ3v) is 4.26. The lowest BCUT2D eigenvalue weighted by Gasteiger charge is -2.10. The highest BCUT2D eigenvalue weighted by atomic mass is 79.9. The van der Waals surface area contributed by atoms with Crippen LogP contribution in [0.15, 0.2) is 47.2 Å². The van der Waals surface area contributed by atoms with Crippen molar-refractivity contribution < 1.29 is 0 Å². The normalized spacial score (nSPS) is 10.7. The fourth-order valence-electron chi connectivity index (χ4n) is 1.90. The molecule has 0 bridgehead atoms. The summed E-state index contributed by atoms with van der Waals surface area (Å²) in [6, 6.07) is 11.1. The molecule has 0 aliphatic heterocycles. The molecule has 3 rings (SSSR count). The lowest BCUT2D eigenvalue weighted by molar-refractivity contribution is 1.22. The van der Waals surface area contributed by atoms with E-state index in [9.17, 15) is 0 Å². The molecular weight excluding hydrogens is 340 g/mol. The molecule has 3 N–H and O–H groups in total. The van der Waals surface area contributed by atoms with Crippen molar-refractivity contribution in [1.29, 1.82) is 0 Å². The predicted molar refractivity (Wildman–Crippen MR) is 86.4 cm³/mol. The van der Waals surface area contributed by atoms with Crippen LogP contribution in [0.5, 0.6) is 0 Å². The second-order valence-corrected chi connectivity index (χ2v) is 5.43. The van der Waals surface area contributed by atoms with Gasteiger partial charge in [-0.3, -0.25) is 0 Å². The molecule has 0 atom stereocenters. The Morgan fingerprint density at radius 3 is 2.85 bits per heavy atom. The van der Waals surface area contributed by atoms with Gasteiger partial charge in [-0.25, -0.2) is 9.97 Å². The van der Waals surface area contributed by atoms with E-state index in [-0.39, 0.29) is 0 Å². The first kappa shape index (κ1) is 13.1. The van der Waals surface area contributed by atoms with Crippen molar-refractivity contribution >= 4 is 55.6 Å². The molecular formula is C14H10BrClN4. The van der Waals surface area contributed by atoms with Crippen LogP contribution in [-0.4, -0.2) is 9.97 Å². The third kappa shape index (κ3) is 2.42. The van der Waals surface area contributed by atoms with E-state index in [0.29, 0.717) is 16.5 Å². The lowest BCUT2D eigenvalue weighted by Crippen LogP contribution is -1.97. The molecule has 20 heavy (non-hydrogen) atoms. The molecule has 2 aromatic carbocycles. The van der Waals surface area contributed by atoms with Crippen LogP contribution in [0.2, 0.25) is 5.02 Å². The van der Waals surface area contributed by atoms with Crippen molar-refractivity contribution in [3.63, 3.8) is 0 Å². The Morgan fingerprint density at radius 2 is 2.00 bits per heavy atom. The maximum atomic E-state index is 6.08. The summed E-state index contributed by atoms with van der Waals surface area (Å²) in [5, 5.41) is 4.79. The van der Waals surface area contributed by atoms with Crippen LogP contribution in [-0.2, 0) is 0 Å². The van der Waals surface area contributed by atoms with E-state index in [1.54, 1.807) is 0 Å². The summed E-state index contributed by atoms with van der Waals surface area (Å²) in [4.78, 5) is 8.49. The Kier molecular flexibility index (Phi) is 3.46. The van der Waals surface area contributed by atoms with E-state index >= 15 is 0 Å². The van der Waals surface area contributed by atoms with Crippen molar-refractivity contribution in [3.8, 4) is 0 Å². The number of halogens is 2. The zero-order valence-electron chi connectivity index (χ0n) is 10.3. The molecule has 0 amide bonds. The monoisotopic (exact) mass is 348 g/mol. The molecule has 0 fully saturated rings. The van der Waals surface area contributed by atoms with Gasteiger partial charge >= 0.3 is 0 Å². The van der Waals surface area contributed by atoms with Crippen LogP contribution in [0.1, 0.15) is 0 Å². The van der Waals surface area contributed by atoms with Crippen LogP contribution in [0.25, 0.3) is 10.9 Å². The van der Waals surface area contributed by atoms with E-state index in [1.165, 1.54) is 6.33 Å². The summed E-state index contributed by atoms with van der Waals surface area (Å²) >= 11 is 9.54. The van der Waals surface area contributed by atoms with Gasteiger partial charge in [-0.05, 0) is 46.3 Å². The van der Waals surface area contributed by atoms with Crippen molar-refractivity contribution in [1.82, 2.24) is 9.97 Å². The smallest absolute Gasteiger partial charge is 0.141 e. The van der Waals surface area contributed by atoms with Crippen LogP contribution in [0.3, 0.4) is 0 Å². The molecule has 0 spiro atoms. The summed E-state index contributed by atoms with van der Waals surface area (Å²) in [6.07, 6.45) is 1.50. The highest BCUT2D eigenvalue weighted by Crippen LogP contribution is 2.33. The molecule has 0 aliphatic rings. The summed E-state index contributed by atoms with van der Waals surface area (Å²) in [5.74, 6) is 0.706. The number of nitrogens with one attached hydrogen (secondary N) is 1. The number of hydrogen-bond donors (Lipinski definition) is 2. The largest absolute Gasteiger partial charge is 0.399 e. The SMILES string of the molecule is Nc1ccc2c(Nc3cccc(Cl)c3Br)ncnc2c1. The second-order valence-electron chi connectivity index (χ2n) is 4.23. The molecule has 3 aromatic rings. The maximum absolute atomic E-state index is 6.08. The minimum absolute atomic E-state index is 0.637. The van der Waals surface area contributed by atoms with Crippen molar-refractivity contribution in [2.75, 3.05) is 11.1 Å². The highest BCUT2D eigenvalue weighted by Gasteiger charge is 2.08. The van der Waals surface area contributed by atoms with Crippen molar-refractivity contribution in [3.05, 3.63) is 52.2 Å². The van der Waals surface area contributed by atoms with Gasteiger partial charge in [0.15, 0.2) is 0 Å². The molecule has 0 unspecified atom stereocenters. The number of nitrogens with two attached hydrogens (primary N) is 1. The van der Waals surface area contributed by atoms with Gasteiger partial charge in [-0.15, -0.1) is 0 Å².